The number of hydrogen-bond acceptors (Lipinski definition) is 7. The predicted molar refractivity (Wildman–Crippen MR) is 221 cm³/mol. The molecule has 0 spiro atoms. The summed E-state index contributed by atoms with van der Waals surface area (Å²) in [5.41, 5.74) is 5.82. The first-order valence-electron chi connectivity index (χ1n) is 20.6. The largest absolute Gasteiger partial charge is 0.465 e. The Labute approximate surface area is 342 Å². The Morgan fingerprint density at radius 3 is 1.68 bits per heavy atom. The number of H-pyrrole nitrogens is 2. The normalized spacial score (nSPS) is 23.8. The maximum absolute atomic E-state index is 13.9. The van der Waals surface area contributed by atoms with E-state index in [4.69, 9.17) is 14.7 Å². The van der Waals surface area contributed by atoms with E-state index in [-0.39, 0.29) is 47.8 Å². The number of amides is 4. The number of methoxy groups -OCH3 is 1. The van der Waals surface area contributed by atoms with Crippen LogP contribution in [0, 0.1) is 23.7 Å². The predicted octanol–water partition coefficient (Wildman–Crippen LogP) is 7.28. The molecule has 59 heavy (non-hydrogen) atoms. The highest BCUT2D eigenvalue weighted by Crippen LogP contribution is 2.54. The fourth-order valence-corrected chi connectivity index (χ4v) is 9.47. The number of nitrogens with one attached hydrogen (secondary N) is 4. The Morgan fingerprint density at radius 1 is 0.678 bits per heavy atom. The summed E-state index contributed by atoms with van der Waals surface area (Å²) in [4.78, 5) is 71.4. The van der Waals surface area contributed by atoms with Gasteiger partial charge >= 0.3 is 12.2 Å². The van der Waals surface area contributed by atoms with Crippen LogP contribution in [0.4, 0.5) is 9.59 Å². The fourth-order valence-electron chi connectivity index (χ4n) is 9.47. The molecule has 2 aliphatic carbocycles. The van der Waals surface area contributed by atoms with Crippen molar-refractivity contribution in [2.45, 2.75) is 89.6 Å². The lowest BCUT2D eigenvalue weighted by Gasteiger charge is -2.31. The van der Waals surface area contributed by atoms with Crippen molar-refractivity contribution >= 4 is 34.8 Å². The van der Waals surface area contributed by atoms with Crippen molar-refractivity contribution in [2.24, 2.45) is 23.7 Å². The molecule has 2 aromatic heterocycles. The van der Waals surface area contributed by atoms with Gasteiger partial charge < -0.3 is 40.2 Å². The molecule has 2 aliphatic heterocycles. The van der Waals surface area contributed by atoms with Gasteiger partial charge in [-0.15, -0.1) is 0 Å². The minimum Gasteiger partial charge on any atom is -0.465 e. The molecule has 4 heterocycles. The number of aromatic nitrogens is 4. The average molecular weight is 799 g/mol. The number of imidazole rings is 2. The number of piperidine rings is 2. The summed E-state index contributed by atoms with van der Waals surface area (Å²) in [6.45, 7) is 7.55. The summed E-state index contributed by atoms with van der Waals surface area (Å²) in [7, 11) is 1.30. The summed E-state index contributed by atoms with van der Waals surface area (Å²) in [6, 6.07) is 19.4. The standard InChI is InChI=1S/C45H50N8O6/c1-22(2)38(50-44(56)57)42(54)52-34-16-30(34)18-36(52)41-47-21-33(49-41)29-12-11-26-13-25(9-10-27(26)15-29)24-7-6-8-28(14-24)32-20-46-40(48-32)37-19-31-17-35(31)53(37)43(55)39(23(3)4)51-45(58)59-5/h6-15,20-23,30-31,34-39,50H,16-19H2,1-5H3,(H,46,48)(H,47,49)(H,51,58)(H,56,57)/t30-,31+,34-,35+,36+,37-,38-,39-/m0/s1. The molecule has 0 unspecified atom stereocenters. The second-order valence-electron chi connectivity index (χ2n) is 17.4. The topological polar surface area (TPSA) is 186 Å². The van der Waals surface area contributed by atoms with Gasteiger partial charge in [-0.2, -0.15) is 0 Å². The number of carbonyl (C=O) groups is 4. The Hall–Kier alpha value is -6.18. The number of carbonyl (C=O) groups excluding carboxylic acids is 3. The van der Waals surface area contributed by atoms with Crippen molar-refractivity contribution in [3.05, 3.63) is 84.7 Å². The molecule has 9 rings (SSSR count). The highest BCUT2D eigenvalue weighted by Gasteiger charge is 2.57. The molecule has 5 N–H and O–H groups in total. The van der Waals surface area contributed by atoms with Crippen molar-refractivity contribution in [3.63, 3.8) is 0 Å². The molecule has 4 amide bonds. The zero-order valence-electron chi connectivity index (χ0n) is 33.8. The van der Waals surface area contributed by atoms with Crippen molar-refractivity contribution in [3.8, 4) is 33.6 Å². The molecule has 5 aromatic rings. The van der Waals surface area contributed by atoms with Crippen LogP contribution in [0.3, 0.4) is 0 Å². The third-order valence-corrected chi connectivity index (χ3v) is 12.8. The van der Waals surface area contributed by atoms with E-state index >= 15 is 0 Å². The summed E-state index contributed by atoms with van der Waals surface area (Å²) < 4.78 is 4.81. The lowest BCUT2D eigenvalue weighted by Crippen LogP contribution is -2.52. The van der Waals surface area contributed by atoms with Gasteiger partial charge in [-0.25, -0.2) is 19.6 Å². The minimum atomic E-state index is -1.20. The number of carboxylic acid groups (broad SMARTS) is 1. The van der Waals surface area contributed by atoms with Crippen molar-refractivity contribution < 1.29 is 29.0 Å². The Morgan fingerprint density at radius 2 is 1.15 bits per heavy atom. The first-order chi connectivity index (χ1) is 28.4. The summed E-state index contributed by atoms with van der Waals surface area (Å²) in [5, 5.41) is 16.7. The molecule has 3 aromatic carbocycles. The maximum atomic E-state index is 13.9. The molecule has 2 saturated carbocycles. The van der Waals surface area contributed by atoms with Gasteiger partial charge in [0, 0.05) is 23.2 Å². The molecule has 2 saturated heterocycles. The van der Waals surface area contributed by atoms with Crippen LogP contribution in [0.1, 0.15) is 77.1 Å². The van der Waals surface area contributed by atoms with Crippen LogP contribution < -0.4 is 10.6 Å². The molecule has 14 nitrogen and oxygen atoms in total. The number of ether oxygens (including phenoxy) is 1. The maximum Gasteiger partial charge on any atom is 0.407 e. The van der Waals surface area contributed by atoms with Crippen LogP contribution >= 0.6 is 0 Å². The van der Waals surface area contributed by atoms with E-state index in [1.807, 2.05) is 56.0 Å². The van der Waals surface area contributed by atoms with Crippen LogP contribution in [0.25, 0.3) is 44.4 Å². The zero-order valence-corrected chi connectivity index (χ0v) is 33.8. The van der Waals surface area contributed by atoms with Gasteiger partial charge in [-0.1, -0.05) is 70.2 Å². The zero-order chi connectivity index (χ0) is 41.3. The molecule has 14 heteroatoms. The molecular weight excluding hydrogens is 749 g/mol. The van der Waals surface area contributed by atoms with E-state index in [2.05, 4.69) is 75.2 Å². The Kier molecular flexibility index (Phi) is 9.67. The number of hydrogen-bond donors (Lipinski definition) is 5. The highest BCUT2D eigenvalue weighted by molar-refractivity contribution is 5.91. The minimum absolute atomic E-state index is 0.105. The van der Waals surface area contributed by atoms with E-state index in [1.165, 1.54) is 7.11 Å². The quantitative estimate of drug-likeness (QED) is 0.0923. The number of aromatic amines is 2. The number of fused-ring (bicyclic) bond motifs is 3. The lowest BCUT2D eigenvalue weighted by atomic mass is 9.98. The summed E-state index contributed by atoms with van der Waals surface area (Å²) in [6.07, 6.45) is 5.38. The van der Waals surface area contributed by atoms with Crippen LogP contribution in [0.2, 0.25) is 0 Å². The first kappa shape index (κ1) is 38.3. The van der Waals surface area contributed by atoms with E-state index in [0.717, 1.165) is 81.7 Å². The van der Waals surface area contributed by atoms with Crippen LogP contribution in [0.15, 0.2) is 73.1 Å². The Bertz CT molecular complexity index is 2460. The molecule has 306 valence electrons. The monoisotopic (exact) mass is 798 g/mol. The summed E-state index contributed by atoms with van der Waals surface area (Å²) >= 11 is 0. The highest BCUT2D eigenvalue weighted by atomic mass is 16.5. The summed E-state index contributed by atoms with van der Waals surface area (Å²) in [5.74, 6) is 1.73. The van der Waals surface area contributed by atoms with Crippen LogP contribution in [0.5, 0.6) is 0 Å². The number of nitrogens with zero attached hydrogens (tertiary/aromatic N) is 4. The van der Waals surface area contributed by atoms with Crippen molar-refractivity contribution in [1.29, 1.82) is 0 Å². The number of likely N-dealkylation sites (tertiary alicyclic amines) is 2. The van der Waals surface area contributed by atoms with Gasteiger partial charge in [0.2, 0.25) is 11.8 Å². The second kappa shape index (κ2) is 14.9. The molecule has 8 atom stereocenters. The number of rotatable bonds is 11. The van der Waals surface area contributed by atoms with Crippen molar-refractivity contribution in [2.75, 3.05) is 7.11 Å². The third-order valence-electron chi connectivity index (χ3n) is 12.8. The number of alkyl carbamates (subject to hydrolysis) is 1. The van der Waals surface area contributed by atoms with Gasteiger partial charge in [0.25, 0.3) is 0 Å². The van der Waals surface area contributed by atoms with Crippen molar-refractivity contribution in [1.82, 2.24) is 40.4 Å². The molecular formula is C45H50N8O6. The SMILES string of the molecule is COC(=O)N[C@H](C(=O)N1[C@@H]2C[C@@H]2C[C@H]1c1ncc(-c2cccc(-c3ccc4cc(-c5cnc([C@H]6C[C@@H]7C[C@@H]7N6C(=O)[C@@H](NC(=O)O)C(C)C)[nH]5)ccc4c3)c2)[nH]1)C(C)C. The molecule has 4 aliphatic rings. The van der Waals surface area contributed by atoms with Crippen LogP contribution in [-0.2, 0) is 14.3 Å². The van der Waals surface area contributed by atoms with Gasteiger partial charge in [0.05, 0.1) is 43.0 Å². The van der Waals surface area contributed by atoms with E-state index < -0.39 is 24.3 Å². The molecule has 0 bridgehead atoms. The first-order valence-corrected chi connectivity index (χ1v) is 20.6. The molecule has 4 fully saturated rings. The Balaban J connectivity index is 0.910. The van der Waals surface area contributed by atoms with Gasteiger partial charge in [0.15, 0.2) is 0 Å². The van der Waals surface area contributed by atoms with Gasteiger partial charge in [0.1, 0.15) is 23.7 Å². The molecule has 0 radical (unpaired) electrons. The van der Waals surface area contributed by atoms with E-state index in [9.17, 15) is 24.3 Å². The average Bonchev–Trinajstić information content (AvgIpc) is 3.81. The van der Waals surface area contributed by atoms with Gasteiger partial charge in [-0.05, 0) is 89.5 Å². The van der Waals surface area contributed by atoms with E-state index in [0.29, 0.717) is 11.8 Å². The van der Waals surface area contributed by atoms with Crippen LogP contribution in [-0.4, -0.2) is 90.1 Å². The van der Waals surface area contributed by atoms with Gasteiger partial charge in [-0.3, -0.25) is 9.59 Å². The fraction of sp³-hybridized carbons (Fsp3) is 0.422. The third kappa shape index (κ3) is 7.18. The number of benzene rings is 3. The lowest BCUT2D eigenvalue weighted by molar-refractivity contribution is -0.137. The smallest absolute Gasteiger partial charge is 0.407 e. The second-order valence-corrected chi connectivity index (χ2v) is 17.4. The van der Waals surface area contributed by atoms with E-state index in [1.54, 1.807) is 0 Å².